The van der Waals surface area contributed by atoms with Crippen molar-refractivity contribution in [2.24, 2.45) is 4.99 Å². The molecule has 1 fully saturated rings. The van der Waals surface area contributed by atoms with Gasteiger partial charge in [-0.05, 0) is 48.6 Å². The van der Waals surface area contributed by atoms with Crippen LogP contribution in [-0.2, 0) is 4.79 Å². The van der Waals surface area contributed by atoms with Gasteiger partial charge in [0, 0.05) is 24.7 Å². The lowest BCUT2D eigenvalue weighted by Crippen LogP contribution is -2.44. The van der Waals surface area contributed by atoms with Gasteiger partial charge in [-0.3, -0.25) is 4.79 Å². The number of amides is 1. The summed E-state index contributed by atoms with van der Waals surface area (Å²) in [6.45, 7) is 1.51. The average molecular weight is 388 g/mol. The van der Waals surface area contributed by atoms with Crippen LogP contribution in [0.5, 0.6) is 0 Å². The first-order valence-electron chi connectivity index (χ1n) is 9.25. The quantitative estimate of drug-likeness (QED) is 0.633. The van der Waals surface area contributed by atoms with Crippen LogP contribution in [0.15, 0.2) is 58.7 Å². The SMILES string of the molecule is N#C[N+]12C=C(C(=O)N3CCCC3)N=C1C=Cc1cccc(Nc3cccs3)c12. The molecule has 0 bridgehead atoms. The lowest BCUT2D eigenvalue weighted by atomic mass is 10.0. The number of likely N-dealkylation sites (tertiary alicyclic amines) is 1. The number of benzene rings is 1. The van der Waals surface area contributed by atoms with Crippen LogP contribution in [0.1, 0.15) is 18.4 Å². The van der Waals surface area contributed by atoms with E-state index in [4.69, 9.17) is 0 Å². The Hall–Kier alpha value is -3.21. The Morgan fingerprint density at radius 1 is 1.21 bits per heavy atom. The highest BCUT2D eigenvalue weighted by atomic mass is 32.1. The molecule has 1 saturated heterocycles. The first-order valence-corrected chi connectivity index (χ1v) is 10.1. The predicted octanol–water partition coefficient (Wildman–Crippen LogP) is 4.18. The summed E-state index contributed by atoms with van der Waals surface area (Å²) in [5.74, 6) is 0.462. The van der Waals surface area contributed by atoms with Gasteiger partial charge >= 0.3 is 6.19 Å². The highest BCUT2D eigenvalue weighted by molar-refractivity contribution is 7.14. The fourth-order valence-corrected chi connectivity index (χ4v) is 4.60. The lowest BCUT2D eigenvalue weighted by molar-refractivity contribution is -0.126. The number of anilines is 2. The number of amidine groups is 1. The van der Waals surface area contributed by atoms with E-state index >= 15 is 0 Å². The van der Waals surface area contributed by atoms with Crippen molar-refractivity contribution in [1.82, 2.24) is 9.38 Å². The zero-order valence-electron chi connectivity index (χ0n) is 15.1. The Balaban J connectivity index is 1.62. The Morgan fingerprint density at radius 2 is 2.07 bits per heavy atom. The summed E-state index contributed by atoms with van der Waals surface area (Å²) in [6.07, 6.45) is 9.93. The lowest BCUT2D eigenvalue weighted by Gasteiger charge is -2.27. The van der Waals surface area contributed by atoms with E-state index in [-0.39, 0.29) is 10.4 Å². The summed E-state index contributed by atoms with van der Waals surface area (Å²) in [5.41, 5.74) is 2.92. The van der Waals surface area contributed by atoms with Crippen molar-refractivity contribution in [3.05, 3.63) is 59.2 Å². The Kier molecular flexibility index (Phi) is 3.90. The maximum atomic E-state index is 12.9. The van der Waals surface area contributed by atoms with E-state index in [9.17, 15) is 10.1 Å². The van der Waals surface area contributed by atoms with Crippen LogP contribution in [-0.4, -0.2) is 29.7 Å². The van der Waals surface area contributed by atoms with Crippen LogP contribution in [0, 0.1) is 11.5 Å². The second-order valence-corrected chi connectivity index (χ2v) is 7.93. The van der Waals surface area contributed by atoms with Crippen LogP contribution in [0.2, 0.25) is 0 Å². The molecule has 2 aromatic rings. The number of aliphatic imine (C=N–C) groups is 1. The molecular formula is C21H18N5OS+. The van der Waals surface area contributed by atoms with Gasteiger partial charge in [0.15, 0.2) is 17.6 Å². The third-order valence-electron chi connectivity index (χ3n) is 5.29. The number of hydrogen-bond donors (Lipinski definition) is 1. The molecule has 28 heavy (non-hydrogen) atoms. The fourth-order valence-electron chi connectivity index (χ4n) is 3.97. The molecule has 7 heteroatoms. The summed E-state index contributed by atoms with van der Waals surface area (Å²) in [5, 5.41) is 16.6. The largest absolute Gasteiger partial charge is 0.342 e. The van der Waals surface area contributed by atoms with Gasteiger partial charge in [0.25, 0.3) is 11.7 Å². The van der Waals surface area contributed by atoms with Crippen molar-refractivity contribution >= 4 is 45.5 Å². The molecule has 1 aromatic carbocycles. The molecule has 1 unspecified atom stereocenters. The highest BCUT2D eigenvalue weighted by Gasteiger charge is 2.48. The van der Waals surface area contributed by atoms with Crippen LogP contribution < -0.4 is 9.80 Å². The van der Waals surface area contributed by atoms with Gasteiger partial charge in [0.2, 0.25) is 0 Å². The third kappa shape index (κ3) is 2.50. The first-order chi connectivity index (χ1) is 13.7. The highest BCUT2D eigenvalue weighted by Crippen LogP contribution is 2.44. The van der Waals surface area contributed by atoms with E-state index in [0.29, 0.717) is 11.5 Å². The maximum absolute atomic E-state index is 12.9. The van der Waals surface area contributed by atoms with Crippen molar-refractivity contribution in [1.29, 1.82) is 5.26 Å². The molecule has 138 valence electrons. The van der Waals surface area contributed by atoms with Gasteiger partial charge < -0.3 is 10.2 Å². The fraction of sp³-hybridized carbons (Fsp3) is 0.190. The Morgan fingerprint density at radius 3 is 2.82 bits per heavy atom. The number of fused-ring (bicyclic) bond motifs is 3. The molecule has 0 spiro atoms. The number of hydrogen-bond acceptors (Lipinski definition) is 5. The van der Waals surface area contributed by atoms with Gasteiger partial charge in [-0.1, -0.05) is 6.07 Å². The van der Waals surface area contributed by atoms with Crippen molar-refractivity contribution in [2.45, 2.75) is 12.8 Å². The molecule has 0 saturated carbocycles. The first kappa shape index (κ1) is 16.9. The van der Waals surface area contributed by atoms with Crippen LogP contribution in [0.4, 0.5) is 16.4 Å². The van der Waals surface area contributed by atoms with Gasteiger partial charge in [0.1, 0.15) is 5.69 Å². The Labute approximate surface area is 166 Å². The van der Waals surface area contributed by atoms with E-state index in [2.05, 4.69) is 16.5 Å². The molecule has 1 atom stereocenters. The zero-order chi connectivity index (χ0) is 19.1. The van der Waals surface area contributed by atoms with Crippen molar-refractivity contribution in [3.63, 3.8) is 0 Å². The van der Waals surface area contributed by atoms with Gasteiger partial charge in [-0.2, -0.15) is 4.99 Å². The summed E-state index contributed by atoms with van der Waals surface area (Å²) < 4.78 is -0.213. The minimum atomic E-state index is -0.213. The van der Waals surface area contributed by atoms with E-state index in [1.165, 1.54) is 0 Å². The summed E-state index contributed by atoms with van der Waals surface area (Å²) in [6, 6.07) is 9.88. The molecule has 3 aliphatic rings. The van der Waals surface area contributed by atoms with Gasteiger partial charge in [-0.25, -0.2) is 0 Å². The molecule has 0 aliphatic carbocycles. The molecule has 1 amide bonds. The smallest absolute Gasteiger partial charge is 0.326 e. The minimum absolute atomic E-state index is 0.0919. The molecule has 4 heterocycles. The molecule has 0 radical (unpaired) electrons. The standard InChI is InChI=1S/C21H18N5OS/c22-14-26-13-17(21(27)25-10-1-2-11-25)23-18(26)9-8-15-5-3-6-16(20(15)26)24-19-7-4-12-28-19/h3-9,12-13,24H,1-2,10-11H2/q+1. The average Bonchev–Trinajstić information content (AvgIpc) is 3.47. The Bertz CT molecular complexity index is 1090. The second-order valence-electron chi connectivity index (χ2n) is 6.99. The predicted molar refractivity (Wildman–Crippen MR) is 112 cm³/mol. The van der Waals surface area contributed by atoms with E-state index in [0.717, 1.165) is 47.9 Å². The number of rotatable bonds is 3. The number of thiophene rings is 1. The number of quaternary nitrogens is 1. The summed E-state index contributed by atoms with van der Waals surface area (Å²) in [4.78, 5) is 19.3. The monoisotopic (exact) mass is 388 g/mol. The van der Waals surface area contributed by atoms with Crippen LogP contribution >= 0.6 is 11.3 Å². The minimum Gasteiger partial charge on any atom is -0.342 e. The number of nitrogens with one attached hydrogen (secondary N) is 1. The normalized spacial score (nSPS) is 22.2. The van der Waals surface area contributed by atoms with Crippen molar-refractivity contribution < 1.29 is 4.79 Å². The number of nitriles is 1. The van der Waals surface area contributed by atoms with Crippen molar-refractivity contribution in [3.8, 4) is 6.19 Å². The third-order valence-corrected chi connectivity index (χ3v) is 6.08. The second kappa shape index (κ2) is 6.44. The number of carbonyl (C=O) groups excluding carboxylic acids is 1. The molecule has 3 aliphatic heterocycles. The number of para-hydroxylation sites is 1. The number of carbonyl (C=O) groups is 1. The van der Waals surface area contributed by atoms with Crippen molar-refractivity contribution in [2.75, 3.05) is 18.4 Å². The molecular weight excluding hydrogens is 370 g/mol. The van der Waals surface area contributed by atoms with E-state index < -0.39 is 0 Å². The van der Waals surface area contributed by atoms with Gasteiger partial charge in [-0.15, -0.1) is 21.1 Å². The summed E-state index contributed by atoms with van der Waals surface area (Å²) in [7, 11) is 0. The molecule has 1 N–H and O–H groups in total. The summed E-state index contributed by atoms with van der Waals surface area (Å²) >= 11 is 1.60. The van der Waals surface area contributed by atoms with E-state index in [1.54, 1.807) is 17.5 Å². The molecule has 5 rings (SSSR count). The van der Waals surface area contributed by atoms with Crippen LogP contribution in [0.25, 0.3) is 6.08 Å². The molecule has 1 aromatic heterocycles. The van der Waals surface area contributed by atoms with E-state index in [1.807, 2.05) is 52.8 Å². The maximum Gasteiger partial charge on any atom is 0.326 e. The van der Waals surface area contributed by atoms with Crippen LogP contribution in [0.3, 0.4) is 0 Å². The molecule has 6 nitrogen and oxygen atoms in total. The topological polar surface area (TPSA) is 68.5 Å². The van der Waals surface area contributed by atoms with Gasteiger partial charge in [0.05, 0.1) is 5.00 Å². The number of nitrogens with zero attached hydrogens (tertiary/aromatic N) is 4. The zero-order valence-corrected chi connectivity index (χ0v) is 15.9.